The van der Waals surface area contributed by atoms with Crippen molar-refractivity contribution >= 4 is 39.9 Å². The number of carbonyl (C=O) groups excluding carboxylic acids is 1. The van der Waals surface area contributed by atoms with Crippen molar-refractivity contribution in [3.8, 4) is 0 Å². The topological polar surface area (TPSA) is 55.1 Å². The lowest BCUT2D eigenvalue weighted by Crippen LogP contribution is -2.13. The van der Waals surface area contributed by atoms with Crippen LogP contribution in [0.2, 0.25) is 0 Å². The molecule has 0 bridgehead atoms. The number of anilines is 2. The number of hydrogen-bond acceptors (Lipinski definition) is 2. The number of rotatable bonds is 3. The molecule has 0 spiro atoms. The molecule has 0 radical (unpaired) electrons. The second-order valence-electron chi connectivity index (χ2n) is 3.54. The Balaban J connectivity index is 2.30. The maximum Gasteiger partial charge on any atom is 0.250 e. The summed E-state index contributed by atoms with van der Waals surface area (Å²) in [5, 5.41) is 3.18. The quantitative estimate of drug-likeness (QED) is 0.845. The maximum atomic E-state index is 11.2. The van der Waals surface area contributed by atoms with Crippen LogP contribution in [0.25, 0.3) is 0 Å². The molecule has 2 aromatic carbocycles. The van der Waals surface area contributed by atoms with Crippen LogP contribution in [-0.4, -0.2) is 5.91 Å². The molecule has 86 valence electrons. The van der Waals surface area contributed by atoms with Crippen molar-refractivity contribution in [2.75, 3.05) is 5.32 Å². The van der Waals surface area contributed by atoms with E-state index in [1.165, 1.54) is 0 Å². The first kappa shape index (κ1) is 11.9. The van der Waals surface area contributed by atoms with E-state index in [0.29, 0.717) is 5.56 Å². The van der Waals surface area contributed by atoms with Gasteiger partial charge in [-0.2, -0.15) is 0 Å². The molecule has 2 rings (SSSR count). The smallest absolute Gasteiger partial charge is 0.250 e. The highest BCUT2D eigenvalue weighted by Gasteiger charge is 2.06. The average Bonchev–Trinajstić information content (AvgIpc) is 2.32. The minimum absolute atomic E-state index is 0.432. The number of amides is 1. The van der Waals surface area contributed by atoms with Gasteiger partial charge in [0.05, 0.1) is 11.3 Å². The van der Waals surface area contributed by atoms with E-state index >= 15 is 0 Å². The van der Waals surface area contributed by atoms with Gasteiger partial charge in [-0.3, -0.25) is 4.79 Å². The third-order valence-electron chi connectivity index (χ3n) is 2.32. The SMILES string of the molecule is NC(=O)c1ccccc1Nc1ccc(I)cc1. The average molecular weight is 338 g/mol. The Kier molecular flexibility index (Phi) is 3.63. The zero-order valence-electron chi connectivity index (χ0n) is 8.98. The molecule has 0 aliphatic heterocycles. The predicted octanol–water partition coefficient (Wildman–Crippen LogP) is 3.13. The van der Waals surface area contributed by atoms with Crippen molar-refractivity contribution in [2.45, 2.75) is 0 Å². The molecule has 0 saturated heterocycles. The van der Waals surface area contributed by atoms with Crippen LogP contribution in [0, 0.1) is 3.57 Å². The van der Waals surface area contributed by atoms with Crippen LogP contribution < -0.4 is 11.1 Å². The minimum Gasteiger partial charge on any atom is -0.366 e. The monoisotopic (exact) mass is 338 g/mol. The lowest BCUT2D eigenvalue weighted by Gasteiger charge is -2.09. The fourth-order valence-electron chi connectivity index (χ4n) is 1.50. The number of halogens is 1. The van der Waals surface area contributed by atoms with E-state index in [0.717, 1.165) is 14.9 Å². The Morgan fingerprint density at radius 2 is 1.71 bits per heavy atom. The summed E-state index contributed by atoms with van der Waals surface area (Å²) < 4.78 is 1.16. The summed E-state index contributed by atoms with van der Waals surface area (Å²) in [6.45, 7) is 0. The zero-order valence-corrected chi connectivity index (χ0v) is 11.1. The van der Waals surface area contributed by atoms with Crippen LogP contribution in [0.5, 0.6) is 0 Å². The fourth-order valence-corrected chi connectivity index (χ4v) is 1.86. The third-order valence-corrected chi connectivity index (χ3v) is 3.03. The Hall–Kier alpha value is -1.56. The highest BCUT2D eigenvalue weighted by molar-refractivity contribution is 14.1. The number of hydrogen-bond donors (Lipinski definition) is 2. The van der Waals surface area contributed by atoms with Gasteiger partial charge in [0.25, 0.3) is 5.91 Å². The summed E-state index contributed by atoms with van der Waals surface area (Å²) in [4.78, 5) is 11.2. The van der Waals surface area contributed by atoms with Gasteiger partial charge in [-0.05, 0) is 59.0 Å². The summed E-state index contributed by atoms with van der Waals surface area (Å²) >= 11 is 2.24. The molecular weight excluding hydrogens is 327 g/mol. The predicted molar refractivity (Wildman–Crippen MR) is 77.4 cm³/mol. The van der Waals surface area contributed by atoms with E-state index in [4.69, 9.17) is 5.73 Å². The van der Waals surface area contributed by atoms with Gasteiger partial charge in [0.2, 0.25) is 0 Å². The molecule has 17 heavy (non-hydrogen) atoms. The van der Waals surface area contributed by atoms with Crippen molar-refractivity contribution in [1.29, 1.82) is 0 Å². The van der Waals surface area contributed by atoms with Gasteiger partial charge < -0.3 is 11.1 Å². The van der Waals surface area contributed by atoms with E-state index in [1.807, 2.05) is 36.4 Å². The van der Waals surface area contributed by atoms with Crippen molar-refractivity contribution in [1.82, 2.24) is 0 Å². The van der Waals surface area contributed by atoms with E-state index in [9.17, 15) is 4.79 Å². The lowest BCUT2D eigenvalue weighted by atomic mass is 10.1. The Morgan fingerprint density at radius 3 is 2.35 bits per heavy atom. The van der Waals surface area contributed by atoms with Gasteiger partial charge >= 0.3 is 0 Å². The van der Waals surface area contributed by atoms with Gasteiger partial charge in [0, 0.05) is 9.26 Å². The normalized spacial score (nSPS) is 9.94. The van der Waals surface area contributed by atoms with E-state index in [-0.39, 0.29) is 0 Å². The number of nitrogens with two attached hydrogens (primary N) is 1. The zero-order chi connectivity index (χ0) is 12.3. The molecule has 0 heterocycles. The molecule has 0 aromatic heterocycles. The Labute approximate surface area is 113 Å². The molecule has 3 nitrogen and oxygen atoms in total. The van der Waals surface area contributed by atoms with Gasteiger partial charge in [0.15, 0.2) is 0 Å². The number of nitrogens with one attached hydrogen (secondary N) is 1. The maximum absolute atomic E-state index is 11.2. The first-order valence-corrected chi connectivity index (χ1v) is 6.16. The van der Waals surface area contributed by atoms with Crippen molar-refractivity contribution < 1.29 is 4.79 Å². The molecule has 0 fully saturated rings. The number of para-hydroxylation sites is 1. The second kappa shape index (κ2) is 5.18. The molecule has 0 aliphatic carbocycles. The standard InChI is InChI=1S/C13H11IN2O/c14-9-5-7-10(8-6-9)16-12-4-2-1-3-11(12)13(15)17/h1-8,16H,(H2,15,17). The molecule has 1 amide bonds. The van der Waals surface area contributed by atoms with Crippen LogP contribution in [0.4, 0.5) is 11.4 Å². The molecule has 0 atom stereocenters. The molecule has 3 N–H and O–H groups in total. The first-order chi connectivity index (χ1) is 8.16. The number of benzene rings is 2. The van der Waals surface area contributed by atoms with Crippen LogP contribution in [-0.2, 0) is 0 Å². The molecule has 0 saturated carbocycles. The highest BCUT2D eigenvalue weighted by Crippen LogP contribution is 2.21. The van der Waals surface area contributed by atoms with Gasteiger partial charge in [0.1, 0.15) is 0 Å². The summed E-state index contributed by atoms with van der Waals surface area (Å²) in [5.41, 5.74) is 7.46. The van der Waals surface area contributed by atoms with Crippen LogP contribution in [0.3, 0.4) is 0 Å². The van der Waals surface area contributed by atoms with E-state index in [2.05, 4.69) is 27.9 Å². The molecular formula is C13H11IN2O. The second-order valence-corrected chi connectivity index (χ2v) is 4.79. The van der Waals surface area contributed by atoms with Crippen molar-refractivity contribution in [3.05, 3.63) is 57.7 Å². The fraction of sp³-hybridized carbons (Fsp3) is 0. The summed E-state index contributed by atoms with van der Waals surface area (Å²) in [5.74, 6) is -0.432. The van der Waals surface area contributed by atoms with Gasteiger partial charge in [-0.15, -0.1) is 0 Å². The van der Waals surface area contributed by atoms with Crippen LogP contribution in [0.1, 0.15) is 10.4 Å². The van der Waals surface area contributed by atoms with E-state index < -0.39 is 5.91 Å². The Bertz CT molecular complexity index is 537. The molecule has 4 heteroatoms. The largest absolute Gasteiger partial charge is 0.366 e. The van der Waals surface area contributed by atoms with E-state index in [1.54, 1.807) is 12.1 Å². The highest BCUT2D eigenvalue weighted by atomic mass is 127. The summed E-state index contributed by atoms with van der Waals surface area (Å²) in [7, 11) is 0. The van der Waals surface area contributed by atoms with Crippen molar-refractivity contribution in [3.63, 3.8) is 0 Å². The van der Waals surface area contributed by atoms with Crippen LogP contribution in [0.15, 0.2) is 48.5 Å². The number of primary amides is 1. The number of carbonyl (C=O) groups is 1. The summed E-state index contributed by atoms with van der Waals surface area (Å²) in [6, 6.07) is 15.1. The lowest BCUT2D eigenvalue weighted by molar-refractivity contribution is 0.100. The molecule has 2 aromatic rings. The first-order valence-electron chi connectivity index (χ1n) is 5.08. The third kappa shape index (κ3) is 2.97. The van der Waals surface area contributed by atoms with Crippen molar-refractivity contribution in [2.24, 2.45) is 5.73 Å². The molecule has 0 unspecified atom stereocenters. The summed E-state index contributed by atoms with van der Waals surface area (Å²) in [6.07, 6.45) is 0. The van der Waals surface area contributed by atoms with Gasteiger partial charge in [-0.1, -0.05) is 12.1 Å². The Morgan fingerprint density at radius 1 is 1.06 bits per heavy atom. The van der Waals surface area contributed by atoms with Crippen LogP contribution >= 0.6 is 22.6 Å². The minimum atomic E-state index is -0.432. The van der Waals surface area contributed by atoms with Gasteiger partial charge in [-0.25, -0.2) is 0 Å². The molecule has 0 aliphatic rings.